The van der Waals surface area contributed by atoms with Gasteiger partial charge >= 0.3 is 6.18 Å². The normalized spacial score (nSPS) is 18.5. The molecule has 18 heteroatoms. The number of nitrogens with zero attached hydrogens (tertiary/aromatic N) is 4. The number of allylic oxidation sites excluding steroid dienone is 1. The molecule has 0 spiro atoms. The molecule has 1 amide bonds. The third-order valence-corrected chi connectivity index (χ3v) is 13.0. The Kier molecular flexibility index (Phi) is 11.7. The number of fused-ring (bicyclic) bond motifs is 1. The molecule has 2 aromatic heterocycles. The van der Waals surface area contributed by atoms with Gasteiger partial charge in [-0.05, 0) is 90.8 Å². The summed E-state index contributed by atoms with van der Waals surface area (Å²) in [4.78, 5) is 36.7. The highest BCUT2D eigenvalue weighted by molar-refractivity contribution is 7.90. The number of hydrogen-bond acceptors (Lipinski definition) is 11. The number of ether oxygens (including phenoxy) is 2. The second-order valence-corrected chi connectivity index (χ2v) is 18.4. The number of halogens is 3. The van der Waals surface area contributed by atoms with Gasteiger partial charge in [0.1, 0.15) is 17.1 Å². The van der Waals surface area contributed by atoms with Gasteiger partial charge in [0.05, 0.1) is 45.5 Å². The molecular weight excluding hydrogens is 828 g/mol. The number of piperazine rings is 1. The van der Waals surface area contributed by atoms with Crippen molar-refractivity contribution in [3.63, 3.8) is 0 Å². The SMILES string of the molecule is CC1(C)CCC(CN2CCN(c3cccc(C(=O)NS(=O)(=O)c4ccc(NC5CCOC5)c([N+](=O)[O-])c4)c3Oc3cnc4[nH]ccc4c3)CC2)=C(c2ccc(C(F)(F)F)cc2)C1. The topological polar surface area (TPSA) is 172 Å². The number of pyridine rings is 1. The number of H-pyrrole nitrogens is 1. The summed E-state index contributed by atoms with van der Waals surface area (Å²) in [6.45, 7) is 8.12. The van der Waals surface area contributed by atoms with Gasteiger partial charge in [0.15, 0.2) is 5.75 Å². The fourth-order valence-corrected chi connectivity index (χ4v) is 9.28. The van der Waals surface area contributed by atoms with E-state index in [0.29, 0.717) is 69.4 Å². The molecule has 3 aromatic carbocycles. The third-order valence-electron chi connectivity index (χ3n) is 11.7. The molecule has 326 valence electrons. The van der Waals surface area contributed by atoms with Crippen molar-refractivity contribution in [2.45, 2.75) is 56.6 Å². The maximum absolute atomic E-state index is 14.1. The molecule has 2 fully saturated rings. The monoisotopic (exact) mass is 873 g/mol. The third kappa shape index (κ3) is 9.41. The number of nitrogens with one attached hydrogen (secondary N) is 3. The summed E-state index contributed by atoms with van der Waals surface area (Å²) in [6, 6.07) is 17.1. The Morgan fingerprint density at radius 3 is 2.55 bits per heavy atom. The first-order chi connectivity index (χ1) is 29.5. The number of sulfonamides is 1. The zero-order valence-corrected chi connectivity index (χ0v) is 34.9. The maximum Gasteiger partial charge on any atom is 0.416 e. The van der Waals surface area contributed by atoms with E-state index in [0.717, 1.165) is 54.0 Å². The van der Waals surface area contributed by atoms with Crippen LogP contribution in [0.15, 0.2) is 95.7 Å². The number of nitro groups is 1. The largest absolute Gasteiger partial charge is 0.453 e. The number of alkyl halides is 3. The first-order valence-corrected chi connectivity index (χ1v) is 21.8. The second kappa shape index (κ2) is 17.1. The van der Waals surface area contributed by atoms with Crippen molar-refractivity contribution in [1.82, 2.24) is 19.6 Å². The molecule has 62 heavy (non-hydrogen) atoms. The number of anilines is 2. The molecule has 1 aliphatic carbocycles. The Morgan fingerprint density at radius 2 is 1.84 bits per heavy atom. The van der Waals surface area contributed by atoms with Crippen molar-refractivity contribution < 1.29 is 40.8 Å². The van der Waals surface area contributed by atoms with Crippen LogP contribution in [0.25, 0.3) is 16.6 Å². The second-order valence-electron chi connectivity index (χ2n) is 16.7. The number of nitro benzene ring substituents is 1. The molecule has 2 aliphatic heterocycles. The van der Waals surface area contributed by atoms with E-state index in [1.165, 1.54) is 30.0 Å². The van der Waals surface area contributed by atoms with Crippen molar-refractivity contribution in [2.24, 2.45) is 5.41 Å². The number of para-hydroxylation sites is 1. The molecule has 14 nitrogen and oxygen atoms in total. The van der Waals surface area contributed by atoms with Crippen LogP contribution < -0.4 is 19.7 Å². The minimum absolute atomic E-state index is 0.000729. The summed E-state index contributed by atoms with van der Waals surface area (Å²) in [5, 5.41) is 15.8. The van der Waals surface area contributed by atoms with Gasteiger partial charge < -0.3 is 24.7 Å². The Labute approximate surface area is 356 Å². The zero-order chi connectivity index (χ0) is 43.8. The highest BCUT2D eigenvalue weighted by Crippen LogP contribution is 2.44. The number of hydrogen-bond donors (Lipinski definition) is 3. The average Bonchev–Trinajstić information content (AvgIpc) is 3.94. The summed E-state index contributed by atoms with van der Waals surface area (Å²) < 4.78 is 81.5. The van der Waals surface area contributed by atoms with Gasteiger partial charge in [0, 0.05) is 57.0 Å². The molecular formula is C44H46F3N7O7S. The van der Waals surface area contributed by atoms with Crippen LogP contribution >= 0.6 is 0 Å². The summed E-state index contributed by atoms with van der Waals surface area (Å²) in [5.74, 6) is -0.613. The van der Waals surface area contributed by atoms with Crippen LogP contribution in [0.2, 0.25) is 0 Å². The predicted molar refractivity (Wildman–Crippen MR) is 228 cm³/mol. The first-order valence-electron chi connectivity index (χ1n) is 20.3. The van der Waals surface area contributed by atoms with Gasteiger partial charge in [0.25, 0.3) is 21.6 Å². The molecule has 3 N–H and O–H groups in total. The summed E-state index contributed by atoms with van der Waals surface area (Å²) >= 11 is 0. The number of rotatable bonds is 12. The minimum Gasteiger partial charge on any atom is -0.453 e. The molecule has 5 aromatic rings. The van der Waals surface area contributed by atoms with Gasteiger partial charge in [-0.3, -0.25) is 19.8 Å². The van der Waals surface area contributed by atoms with Crippen molar-refractivity contribution >= 4 is 49.6 Å². The lowest BCUT2D eigenvalue weighted by Gasteiger charge is -2.39. The Balaban J connectivity index is 1.04. The first kappa shape index (κ1) is 42.7. The molecule has 1 atom stereocenters. The van der Waals surface area contributed by atoms with Gasteiger partial charge in [-0.2, -0.15) is 13.2 Å². The fourth-order valence-electron chi connectivity index (χ4n) is 8.30. The van der Waals surface area contributed by atoms with E-state index in [1.807, 2.05) is 6.07 Å². The molecule has 3 aliphatic rings. The van der Waals surface area contributed by atoms with Crippen molar-refractivity contribution in [1.29, 1.82) is 0 Å². The highest BCUT2D eigenvalue weighted by Gasteiger charge is 2.33. The predicted octanol–water partition coefficient (Wildman–Crippen LogP) is 8.39. The van der Waals surface area contributed by atoms with Crippen LogP contribution in [-0.4, -0.2) is 86.1 Å². The van der Waals surface area contributed by atoms with Gasteiger partial charge in [-0.15, -0.1) is 0 Å². The van der Waals surface area contributed by atoms with Gasteiger partial charge in [-0.25, -0.2) is 18.1 Å². The lowest BCUT2D eigenvalue weighted by atomic mass is 9.72. The van der Waals surface area contributed by atoms with E-state index in [1.54, 1.807) is 36.5 Å². The number of aromatic amines is 1. The Morgan fingerprint density at radius 1 is 1.06 bits per heavy atom. The molecule has 0 saturated carbocycles. The van der Waals surface area contributed by atoms with E-state index < -0.39 is 43.2 Å². The summed E-state index contributed by atoms with van der Waals surface area (Å²) in [5.41, 5.74) is 3.13. The van der Waals surface area contributed by atoms with E-state index in [2.05, 4.69) is 43.7 Å². The van der Waals surface area contributed by atoms with Crippen LogP contribution in [0.5, 0.6) is 11.5 Å². The van der Waals surface area contributed by atoms with Crippen molar-refractivity contribution in [2.75, 3.05) is 56.2 Å². The van der Waals surface area contributed by atoms with Gasteiger partial charge in [-0.1, -0.05) is 37.6 Å². The molecule has 1 unspecified atom stereocenters. The Hall–Kier alpha value is -5.98. The van der Waals surface area contributed by atoms with E-state index in [-0.39, 0.29) is 28.5 Å². The number of aromatic nitrogens is 2. The number of carbonyl (C=O) groups is 1. The summed E-state index contributed by atoms with van der Waals surface area (Å²) in [7, 11) is -4.62. The zero-order valence-electron chi connectivity index (χ0n) is 34.1. The quantitative estimate of drug-likeness (QED) is 0.0812. The summed E-state index contributed by atoms with van der Waals surface area (Å²) in [6.07, 6.45) is 1.96. The number of amides is 1. The minimum atomic E-state index is -4.62. The molecule has 0 bridgehead atoms. The molecule has 0 radical (unpaired) electrons. The standard InChI is InChI=1S/C44H46F3N7O7S/c1-43(2)15-12-30(36(24-43)28-6-8-31(9-7-28)44(45,46)47)26-52-17-19-53(20-18-52)38-5-3-4-35(40(38)61-33-22-29-13-16-48-41(29)49-25-33)42(55)51-62(58,59)34-10-11-37(39(23-34)54(56)57)50-32-14-21-60-27-32/h3-11,13,16,22-23,25,32,50H,12,14-15,17-21,24,26-27H2,1-2H3,(H,48,49)(H,51,55). The van der Waals surface area contributed by atoms with Gasteiger partial charge in [0.2, 0.25) is 0 Å². The van der Waals surface area contributed by atoms with E-state index in [4.69, 9.17) is 9.47 Å². The van der Waals surface area contributed by atoms with Crippen LogP contribution in [-0.2, 0) is 20.9 Å². The van der Waals surface area contributed by atoms with Crippen molar-refractivity contribution in [3.05, 3.63) is 118 Å². The molecule has 4 heterocycles. The van der Waals surface area contributed by atoms with Crippen LogP contribution in [0, 0.1) is 15.5 Å². The molecule has 8 rings (SSSR count). The number of benzene rings is 3. The van der Waals surface area contributed by atoms with Crippen LogP contribution in [0.4, 0.5) is 30.2 Å². The number of carbonyl (C=O) groups excluding carboxylic acids is 1. The fraction of sp³-hybridized carbons (Fsp3) is 0.364. The molecule has 2 saturated heterocycles. The highest BCUT2D eigenvalue weighted by atomic mass is 32.2. The van der Waals surface area contributed by atoms with Crippen molar-refractivity contribution in [3.8, 4) is 11.5 Å². The lowest BCUT2D eigenvalue weighted by molar-refractivity contribution is -0.384. The van der Waals surface area contributed by atoms with Crippen LogP contribution in [0.1, 0.15) is 61.0 Å². The van der Waals surface area contributed by atoms with Crippen LogP contribution in [0.3, 0.4) is 0 Å². The smallest absolute Gasteiger partial charge is 0.416 e. The maximum atomic E-state index is 14.1. The average molecular weight is 874 g/mol. The van der Waals surface area contributed by atoms with E-state index in [9.17, 15) is 36.5 Å². The van der Waals surface area contributed by atoms with E-state index >= 15 is 0 Å². The lowest BCUT2D eigenvalue weighted by Crippen LogP contribution is -2.47. The Bertz CT molecular complexity index is 2640.